The SMILES string of the molecule is CCC[C@@](CNC(C)=O)(C1=CCCCC1)c1ccccc1. The highest BCUT2D eigenvalue weighted by atomic mass is 16.1. The van der Waals surface area contributed by atoms with Crippen molar-refractivity contribution in [3.8, 4) is 0 Å². The first-order chi connectivity index (χ1) is 10.2. The van der Waals surface area contributed by atoms with Gasteiger partial charge in [-0.25, -0.2) is 0 Å². The van der Waals surface area contributed by atoms with Crippen molar-refractivity contribution in [1.29, 1.82) is 0 Å². The van der Waals surface area contributed by atoms with Gasteiger partial charge in [-0.05, 0) is 37.7 Å². The maximum absolute atomic E-state index is 11.5. The standard InChI is InChI=1S/C19H27NO/c1-3-14-19(15-20-16(2)21,17-10-6-4-7-11-17)18-12-8-5-9-13-18/h4,6-7,10-12H,3,5,8-9,13-15H2,1-2H3,(H,20,21)/t19-/m0/s1. The molecule has 1 aromatic carbocycles. The lowest BCUT2D eigenvalue weighted by Crippen LogP contribution is -2.42. The number of nitrogens with one attached hydrogen (secondary N) is 1. The number of hydrogen-bond donors (Lipinski definition) is 1. The molecule has 1 atom stereocenters. The topological polar surface area (TPSA) is 29.1 Å². The molecule has 1 aliphatic carbocycles. The van der Waals surface area contributed by atoms with Crippen molar-refractivity contribution in [1.82, 2.24) is 5.32 Å². The van der Waals surface area contributed by atoms with Gasteiger partial charge in [-0.3, -0.25) is 4.79 Å². The molecule has 0 heterocycles. The Morgan fingerprint density at radius 2 is 2.00 bits per heavy atom. The molecule has 0 aromatic heterocycles. The molecular weight excluding hydrogens is 258 g/mol. The minimum absolute atomic E-state index is 0.0257. The predicted molar refractivity (Wildman–Crippen MR) is 88.3 cm³/mol. The van der Waals surface area contributed by atoms with Crippen LogP contribution in [0.1, 0.15) is 57.9 Å². The molecule has 0 bridgehead atoms. The van der Waals surface area contributed by atoms with E-state index in [1.807, 2.05) is 0 Å². The fraction of sp³-hybridized carbons (Fsp3) is 0.526. The minimum Gasteiger partial charge on any atom is -0.355 e. The smallest absolute Gasteiger partial charge is 0.216 e. The van der Waals surface area contributed by atoms with Gasteiger partial charge in [0.2, 0.25) is 5.91 Å². The molecule has 0 radical (unpaired) electrons. The van der Waals surface area contributed by atoms with E-state index < -0.39 is 0 Å². The maximum Gasteiger partial charge on any atom is 0.216 e. The van der Waals surface area contributed by atoms with Gasteiger partial charge >= 0.3 is 0 Å². The summed E-state index contributed by atoms with van der Waals surface area (Å²) in [5.41, 5.74) is 2.84. The van der Waals surface area contributed by atoms with Crippen LogP contribution < -0.4 is 5.32 Å². The Morgan fingerprint density at radius 3 is 2.57 bits per heavy atom. The lowest BCUT2D eigenvalue weighted by molar-refractivity contribution is -0.119. The molecule has 114 valence electrons. The van der Waals surface area contributed by atoms with Crippen LogP contribution in [0.2, 0.25) is 0 Å². The molecule has 0 aliphatic heterocycles. The second kappa shape index (κ2) is 7.44. The molecule has 2 nitrogen and oxygen atoms in total. The van der Waals surface area contributed by atoms with Gasteiger partial charge in [0.25, 0.3) is 0 Å². The van der Waals surface area contributed by atoms with Crippen molar-refractivity contribution in [3.63, 3.8) is 0 Å². The van der Waals surface area contributed by atoms with Crippen molar-refractivity contribution < 1.29 is 4.79 Å². The van der Waals surface area contributed by atoms with E-state index >= 15 is 0 Å². The summed E-state index contributed by atoms with van der Waals surface area (Å²) in [5.74, 6) is 0.0582. The van der Waals surface area contributed by atoms with E-state index in [0.29, 0.717) is 6.54 Å². The summed E-state index contributed by atoms with van der Waals surface area (Å²) in [6, 6.07) is 10.7. The van der Waals surface area contributed by atoms with Crippen LogP contribution in [-0.4, -0.2) is 12.5 Å². The number of carbonyl (C=O) groups excluding carboxylic acids is 1. The van der Waals surface area contributed by atoms with Gasteiger partial charge in [0.15, 0.2) is 0 Å². The fourth-order valence-electron chi connectivity index (χ4n) is 3.53. The molecule has 1 amide bonds. The Labute approximate surface area is 128 Å². The quantitative estimate of drug-likeness (QED) is 0.773. The van der Waals surface area contributed by atoms with Crippen LogP contribution in [0.5, 0.6) is 0 Å². The van der Waals surface area contributed by atoms with Crippen molar-refractivity contribution in [2.24, 2.45) is 0 Å². The number of hydrogen-bond acceptors (Lipinski definition) is 1. The third kappa shape index (κ3) is 3.75. The molecule has 1 aliphatic rings. The monoisotopic (exact) mass is 285 g/mol. The average Bonchev–Trinajstić information content (AvgIpc) is 2.53. The van der Waals surface area contributed by atoms with Gasteiger partial charge < -0.3 is 5.32 Å². The van der Waals surface area contributed by atoms with Gasteiger partial charge in [0.1, 0.15) is 0 Å². The van der Waals surface area contributed by atoms with Gasteiger partial charge in [-0.15, -0.1) is 0 Å². The molecule has 0 unspecified atom stereocenters. The third-order valence-electron chi connectivity index (χ3n) is 4.55. The Bertz CT molecular complexity index is 492. The highest BCUT2D eigenvalue weighted by Crippen LogP contribution is 2.41. The molecule has 0 spiro atoms. The average molecular weight is 285 g/mol. The molecule has 0 fully saturated rings. The predicted octanol–water partition coefficient (Wildman–Crippen LogP) is 4.36. The first-order valence-corrected chi connectivity index (χ1v) is 8.18. The van der Waals surface area contributed by atoms with Gasteiger partial charge in [-0.1, -0.05) is 55.3 Å². The Balaban J connectivity index is 2.42. The number of carbonyl (C=O) groups is 1. The summed E-state index contributed by atoms with van der Waals surface area (Å²) >= 11 is 0. The second-order valence-electron chi connectivity index (χ2n) is 6.08. The number of amides is 1. The van der Waals surface area contributed by atoms with Gasteiger partial charge in [0.05, 0.1) is 0 Å². The molecule has 2 heteroatoms. The third-order valence-corrected chi connectivity index (χ3v) is 4.55. The van der Waals surface area contributed by atoms with Gasteiger partial charge in [-0.2, -0.15) is 0 Å². The highest BCUT2D eigenvalue weighted by Gasteiger charge is 2.35. The molecule has 0 saturated heterocycles. The zero-order chi connectivity index (χ0) is 15.1. The number of benzene rings is 1. The summed E-state index contributed by atoms with van der Waals surface area (Å²) < 4.78 is 0. The van der Waals surface area contributed by atoms with E-state index in [1.54, 1.807) is 6.92 Å². The van der Waals surface area contributed by atoms with Crippen LogP contribution in [0.25, 0.3) is 0 Å². The van der Waals surface area contributed by atoms with E-state index in [2.05, 4.69) is 48.6 Å². The highest BCUT2D eigenvalue weighted by molar-refractivity contribution is 5.73. The number of rotatable bonds is 6. The van der Waals surface area contributed by atoms with Crippen LogP contribution >= 0.6 is 0 Å². The van der Waals surface area contributed by atoms with Crippen molar-refractivity contribution in [3.05, 3.63) is 47.5 Å². The molecule has 1 aromatic rings. The molecular formula is C19H27NO. The van der Waals surface area contributed by atoms with Crippen LogP contribution in [0.4, 0.5) is 0 Å². The van der Waals surface area contributed by atoms with Crippen molar-refractivity contribution in [2.45, 2.75) is 57.8 Å². The first kappa shape index (κ1) is 15.8. The van der Waals surface area contributed by atoms with Crippen LogP contribution in [0.3, 0.4) is 0 Å². The summed E-state index contributed by atoms with van der Waals surface area (Å²) in [5, 5.41) is 3.09. The van der Waals surface area contributed by atoms with E-state index in [-0.39, 0.29) is 11.3 Å². The Morgan fingerprint density at radius 1 is 1.24 bits per heavy atom. The largest absolute Gasteiger partial charge is 0.355 e. The zero-order valence-electron chi connectivity index (χ0n) is 13.3. The number of allylic oxidation sites excluding steroid dienone is 1. The fourth-order valence-corrected chi connectivity index (χ4v) is 3.53. The molecule has 1 N–H and O–H groups in total. The summed E-state index contributed by atoms with van der Waals surface area (Å²) in [6.45, 7) is 4.55. The van der Waals surface area contributed by atoms with Crippen LogP contribution in [0.15, 0.2) is 42.0 Å². The molecule has 0 saturated carbocycles. The lowest BCUT2D eigenvalue weighted by atomic mass is 9.68. The van der Waals surface area contributed by atoms with Crippen LogP contribution in [0, 0.1) is 0 Å². The second-order valence-corrected chi connectivity index (χ2v) is 6.08. The van der Waals surface area contributed by atoms with Gasteiger partial charge in [0, 0.05) is 18.9 Å². The summed E-state index contributed by atoms with van der Waals surface area (Å²) in [7, 11) is 0. The lowest BCUT2D eigenvalue weighted by Gasteiger charge is -2.38. The van der Waals surface area contributed by atoms with Crippen molar-refractivity contribution in [2.75, 3.05) is 6.54 Å². The first-order valence-electron chi connectivity index (χ1n) is 8.18. The Hall–Kier alpha value is -1.57. The molecule has 2 rings (SSSR count). The van der Waals surface area contributed by atoms with Crippen molar-refractivity contribution >= 4 is 5.91 Å². The van der Waals surface area contributed by atoms with E-state index in [4.69, 9.17) is 0 Å². The Kier molecular flexibility index (Phi) is 5.60. The van der Waals surface area contributed by atoms with E-state index in [0.717, 1.165) is 19.3 Å². The molecule has 21 heavy (non-hydrogen) atoms. The normalized spacial score (nSPS) is 17.7. The zero-order valence-corrected chi connectivity index (χ0v) is 13.3. The summed E-state index contributed by atoms with van der Waals surface area (Å²) in [4.78, 5) is 11.5. The van der Waals surface area contributed by atoms with E-state index in [1.165, 1.54) is 30.4 Å². The maximum atomic E-state index is 11.5. The van der Waals surface area contributed by atoms with Crippen LogP contribution in [-0.2, 0) is 10.2 Å². The summed E-state index contributed by atoms with van der Waals surface area (Å²) in [6.07, 6.45) is 9.52. The van der Waals surface area contributed by atoms with E-state index in [9.17, 15) is 4.79 Å². The minimum atomic E-state index is -0.0257.